The van der Waals surface area contributed by atoms with Gasteiger partial charge in [-0.25, -0.2) is 4.98 Å². The van der Waals surface area contributed by atoms with E-state index in [-0.39, 0.29) is 0 Å². The lowest BCUT2D eigenvalue weighted by Gasteiger charge is -1.96. The molecule has 0 aliphatic heterocycles. The number of hydrogen-bond donors (Lipinski definition) is 0. The molecule has 0 N–H and O–H groups in total. The average Bonchev–Trinajstić information content (AvgIpc) is 2.98. The summed E-state index contributed by atoms with van der Waals surface area (Å²) in [6.45, 7) is 0.863. The van der Waals surface area contributed by atoms with E-state index in [1.165, 1.54) is 15.6 Å². The van der Waals surface area contributed by atoms with Crippen molar-refractivity contribution in [2.75, 3.05) is 0 Å². The molecule has 0 unspecified atom stereocenters. The third kappa shape index (κ3) is 2.29. The first kappa shape index (κ1) is 10.3. The Morgan fingerprint density at radius 2 is 2.29 bits per heavy atom. The number of allylic oxidation sites excluding steroid dienone is 1. The van der Waals surface area contributed by atoms with Crippen LogP contribution in [0.3, 0.4) is 0 Å². The molecule has 0 atom stereocenters. The molecule has 0 aliphatic carbocycles. The van der Waals surface area contributed by atoms with Crippen LogP contribution in [0.4, 0.5) is 0 Å². The molecule has 1 aromatic carbocycles. The highest BCUT2D eigenvalue weighted by Gasteiger charge is 1.94. The molecule has 2 nitrogen and oxygen atoms in total. The van der Waals surface area contributed by atoms with Gasteiger partial charge in [-0.1, -0.05) is 18.2 Å². The zero-order valence-electron chi connectivity index (χ0n) is 9.28. The molecular formula is C14H12N2S. The highest BCUT2D eigenvalue weighted by atomic mass is 32.1. The van der Waals surface area contributed by atoms with E-state index in [0.717, 1.165) is 6.54 Å². The lowest BCUT2D eigenvalue weighted by atomic mass is 10.1. The first-order valence-electron chi connectivity index (χ1n) is 5.51. The molecule has 3 aromatic rings. The van der Waals surface area contributed by atoms with Crippen LogP contribution in [-0.2, 0) is 6.54 Å². The summed E-state index contributed by atoms with van der Waals surface area (Å²) in [6, 6.07) is 8.71. The van der Waals surface area contributed by atoms with Gasteiger partial charge in [-0.3, -0.25) is 0 Å². The molecule has 0 aliphatic rings. The van der Waals surface area contributed by atoms with E-state index in [1.54, 1.807) is 17.5 Å². The summed E-state index contributed by atoms with van der Waals surface area (Å²) in [5, 5.41) is 3.45. The van der Waals surface area contributed by atoms with Gasteiger partial charge in [0.15, 0.2) is 0 Å². The zero-order valence-corrected chi connectivity index (χ0v) is 10.1. The molecule has 3 heteroatoms. The van der Waals surface area contributed by atoms with Gasteiger partial charge in [-0.2, -0.15) is 0 Å². The second-order valence-electron chi connectivity index (χ2n) is 3.88. The number of thiophene rings is 1. The third-order valence-corrected chi connectivity index (χ3v) is 3.56. The minimum absolute atomic E-state index is 0.863. The molecule has 0 amide bonds. The number of benzene rings is 1. The minimum atomic E-state index is 0.863. The fraction of sp³-hybridized carbons (Fsp3) is 0.0714. The monoisotopic (exact) mass is 240 g/mol. The van der Waals surface area contributed by atoms with Crippen molar-refractivity contribution in [1.82, 2.24) is 9.55 Å². The first-order valence-corrected chi connectivity index (χ1v) is 6.39. The van der Waals surface area contributed by atoms with Crippen molar-refractivity contribution >= 4 is 27.5 Å². The molecule has 0 saturated heterocycles. The normalized spacial score (nSPS) is 11.5. The lowest BCUT2D eigenvalue weighted by molar-refractivity contribution is 0.823. The first-order chi connectivity index (χ1) is 8.42. The van der Waals surface area contributed by atoms with Gasteiger partial charge in [0.1, 0.15) is 0 Å². The number of rotatable bonds is 3. The Balaban J connectivity index is 1.77. The van der Waals surface area contributed by atoms with Gasteiger partial charge < -0.3 is 4.57 Å². The van der Waals surface area contributed by atoms with Gasteiger partial charge in [0.2, 0.25) is 0 Å². The average molecular weight is 240 g/mol. The predicted octanol–water partition coefficient (Wildman–Crippen LogP) is 3.81. The van der Waals surface area contributed by atoms with Gasteiger partial charge >= 0.3 is 0 Å². The van der Waals surface area contributed by atoms with Crippen molar-refractivity contribution in [3.8, 4) is 0 Å². The summed E-state index contributed by atoms with van der Waals surface area (Å²) in [5.41, 5.74) is 1.25. The van der Waals surface area contributed by atoms with Crippen molar-refractivity contribution in [2.24, 2.45) is 0 Å². The molecule has 0 saturated carbocycles. The number of aromatic nitrogens is 2. The van der Waals surface area contributed by atoms with Gasteiger partial charge in [0.25, 0.3) is 0 Å². The molecular weight excluding hydrogens is 228 g/mol. The van der Waals surface area contributed by atoms with Crippen molar-refractivity contribution in [3.05, 3.63) is 60.0 Å². The molecule has 0 fully saturated rings. The van der Waals surface area contributed by atoms with E-state index < -0.39 is 0 Å². The molecule has 17 heavy (non-hydrogen) atoms. The quantitative estimate of drug-likeness (QED) is 0.680. The Hall–Kier alpha value is -1.87. The smallest absolute Gasteiger partial charge is 0.0948 e. The molecule has 2 heterocycles. The largest absolute Gasteiger partial charge is 0.334 e. The molecule has 3 rings (SSSR count). The van der Waals surface area contributed by atoms with E-state index in [2.05, 4.69) is 46.8 Å². The van der Waals surface area contributed by atoms with Crippen LogP contribution in [0.5, 0.6) is 0 Å². The second-order valence-corrected chi connectivity index (χ2v) is 4.83. The summed E-state index contributed by atoms with van der Waals surface area (Å²) in [4.78, 5) is 4.01. The van der Waals surface area contributed by atoms with Crippen molar-refractivity contribution < 1.29 is 0 Å². The number of nitrogens with zero attached hydrogens (tertiary/aromatic N) is 2. The Kier molecular flexibility index (Phi) is 2.76. The van der Waals surface area contributed by atoms with Crippen LogP contribution < -0.4 is 0 Å². The third-order valence-electron chi connectivity index (χ3n) is 2.66. The van der Waals surface area contributed by atoms with Gasteiger partial charge in [0.05, 0.1) is 6.33 Å². The maximum absolute atomic E-state index is 4.01. The van der Waals surface area contributed by atoms with Crippen molar-refractivity contribution in [2.45, 2.75) is 6.54 Å². The zero-order chi connectivity index (χ0) is 11.5. The number of imidazole rings is 1. The molecule has 0 radical (unpaired) electrons. The van der Waals surface area contributed by atoms with E-state index in [9.17, 15) is 0 Å². The van der Waals surface area contributed by atoms with Crippen LogP contribution >= 0.6 is 11.3 Å². The topological polar surface area (TPSA) is 17.8 Å². The summed E-state index contributed by atoms with van der Waals surface area (Å²) in [7, 11) is 0. The van der Waals surface area contributed by atoms with Crippen molar-refractivity contribution in [3.63, 3.8) is 0 Å². The maximum atomic E-state index is 4.01. The summed E-state index contributed by atoms with van der Waals surface area (Å²) in [6.07, 6.45) is 9.89. The lowest BCUT2D eigenvalue weighted by Crippen LogP contribution is -1.89. The number of fused-ring (bicyclic) bond motifs is 1. The minimum Gasteiger partial charge on any atom is -0.334 e. The van der Waals surface area contributed by atoms with Crippen LogP contribution in [0.25, 0.3) is 16.2 Å². The summed E-state index contributed by atoms with van der Waals surface area (Å²) < 4.78 is 3.39. The molecule has 0 bridgehead atoms. The highest BCUT2D eigenvalue weighted by Crippen LogP contribution is 2.22. The number of hydrogen-bond acceptors (Lipinski definition) is 2. The van der Waals surface area contributed by atoms with Crippen LogP contribution in [0.15, 0.2) is 54.4 Å². The standard InChI is InChI=1S/C14H12N2S/c1(7-16-8-6-15-11-16)2-12-3-4-14-13(10-12)5-9-17-14/h1-6,8-11H,7H2/b2-1+. The Bertz CT molecular complexity index is 635. The van der Waals surface area contributed by atoms with Gasteiger partial charge in [0, 0.05) is 23.6 Å². The van der Waals surface area contributed by atoms with E-state index >= 15 is 0 Å². The summed E-state index contributed by atoms with van der Waals surface area (Å²) >= 11 is 1.78. The fourth-order valence-electron chi connectivity index (χ4n) is 1.79. The van der Waals surface area contributed by atoms with Gasteiger partial charge in [-0.05, 0) is 34.5 Å². The molecule has 2 aromatic heterocycles. The van der Waals surface area contributed by atoms with Crippen LogP contribution in [0.1, 0.15) is 5.56 Å². The predicted molar refractivity (Wildman–Crippen MR) is 73.1 cm³/mol. The van der Waals surface area contributed by atoms with Crippen LogP contribution in [0.2, 0.25) is 0 Å². The highest BCUT2D eigenvalue weighted by molar-refractivity contribution is 7.17. The fourth-order valence-corrected chi connectivity index (χ4v) is 2.56. The maximum Gasteiger partial charge on any atom is 0.0948 e. The second kappa shape index (κ2) is 4.55. The van der Waals surface area contributed by atoms with E-state index in [1.807, 2.05) is 17.1 Å². The molecule has 84 valence electrons. The van der Waals surface area contributed by atoms with E-state index in [0.29, 0.717) is 0 Å². The SMILES string of the molecule is C(=C\c1ccc2sccc2c1)/Cn1ccnc1. The van der Waals surface area contributed by atoms with Crippen LogP contribution in [-0.4, -0.2) is 9.55 Å². The summed E-state index contributed by atoms with van der Waals surface area (Å²) in [5.74, 6) is 0. The van der Waals surface area contributed by atoms with Crippen molar-refractivity contribution in [1.29, 1.82) is 0 Å². The Labute approximate surface area is 104 Å². The Morgan fingerprint density at radius 1 is 1.29 bits per heavy atom. The van der Waals surface area contributed by atoms with Crippen LogP contribution in [0, 0.1) is 0 Å². The van der Waals surface area contributed by atoms with E-state index in [4.69, 9.17) is 0 Å². The van der Waals surface area contributed by atoms with Gasteiger partial charge in [-0.15, -0.1) is 11.3 Å². The Morgan fingerprint density at radius 3 is 3.18 bits per heavy atom. The molecule has 0 spiro atoms.